The van der Waals surface area contributed by atoms with E-state index in [4.69, 9.17) is 4.74 Å². The van der Waals surface area contributed by atoms with Gasteiger partial charge in [0.2, 0.25) is 0 Å². The fraction of sp³-hybridized carbons (Fsp3) is 0.600. The van der Waals surface area contributed by atoms with E-state index in [9.17, 15) is 14.7 Å². The lowest BCUT2D eigenvalue weighted by atomic mass is 9.85. The number of carboxylic acid groups (broad SMARTS) is 1. The summed E-state index contributed by atoms with van der Waals surface area (Å²) in [6.07, 6.45) is 1.16. The molecule has 5 nitrogen and oxygen atoms in total. The second-order valence-corrected chi connectivity index (χ2v) is 8.03. The van der Waals surface area contributed by atoms with E-state index in [0.717, 1.165) is 23.3 Å². The number of hydrogen-bond donors (Lipinski definition) is 2. The van der Waals surface area contributed by atoms with Crippen LogP contribution in [-0.2, 0) is 16.6 Å². The van der Waals surface area contributed by atoms with Crippen molar-refractivity contribution >= 4 is 28.4 Å². The van der Waals surface area contributed by atoms with Crippen molar-refractivity contribution in [3.8, 4) is 0 Å². The van der Waals surface area contributed by atoms with Crippen molar-refractivity contribution in [3.63, 3.8) is 0 Å². The SMILES string of the molecule is CC(C)(C)OC(=O)Nc1sc2c(c1C(=O)O)C(C)(C)CC2. The zero-order chi connectivity index (χ0) is 16.0. The molecular weight excluding hydrogens is 290 g/mol. The van der Waals surface area contributed by atoms with Crippen LogP contribution in [0.3, 0.4) is 0 Å². The van der Waals surface area contributed by atoms with Crippen molar-refractivity contribution in [2.24, 2.45) is 0 Å². The average Bonchev–Trinajstić information content (AvgIpc) is 2.74. The number of aromatic carboxylic acids is 1. The molecule has 0 aliphatic heterocycles. The van der Waals surface area contributed by atoms with Crippen LogP contribution >= 0.6 is 11.3 Å². The topological polar surface area (TPSA) is 75.6 Å². The second kappa shape index (κ2) is 5.02. The van der Waals surface area contributed by atoms with Gasteiger partial charge in [0, 0.05) is 4.88 Å². The number of carbonyl (C=O) groups excluding carboxylic acids is 1. The second-order valence-electron chi connectivity index (χ2n) is 6.92. The molecule has 0 spiro atoms. The maximum Gasteiger partial charge on any atom is 0.412 e. The summed E-state index contributed by atoms with van der Waals surface area (Å²) < 4.78 is 5.19. The Morgan fingerprint density at radius 1 is 1.33 bits per heavy atom. The number of hydrogen-bond acceptors (Lipinski definition) is 4. The van der Waals surface area contributed by atoms with Crippen LogP contribution in [0.25, 0.3) is 0 Å². The molecule has 0 atom stereocenters. The van der Waals surface area contributed by atoms with E-state index in [-0.39, 0.29) is 11.0 Å². The summed E-state index contributed by atoms with van der Waals surface area (Å²) in [5, 5.41) is 12.5. The largest absolute Gasteiger partial charge is 0.478 e. The van der Waals surface area contributed by atoms with E-state index in [2.05, 4.69) is 5.32 Å². The van der Waals surface area contributed by atoms with E-state index in [1.54, 1.807) is 20.8 Å². The third kappa shape index (κ3) is 3.20. The number of thiophene rings is 1. The molecule has 0 bridgehead atoms. The van der Waals surface area contributed by atoms with Gasteiger partial charge in [0.25, 0.3) is 0 Å². The minimum Gasteiger partial charge on any atom is -0.478 e. The van der Waals surface area contributed by atoms with E-state index in [1.165, 1.54) is 11.3 Å². The zero-order valence-electron chi connectivity index (χ0n) is 13.0. The zero-order valence-corrected chi connectivity index (χ0v) is 13.8. The Kier molecular flexibility index (Phi) is 3.78. The molecule has 0 fully saturated rings. The third-order valence-electron chi connectivity index (χ3n) is 3.46. The summed E-state index contributed by atoms with van der Waals surface area (Å²) in [5.41, 5.74) is 0.273. The fourth-order valence-corrected chi connectivity index (χ4v) is 3.97. The number of rotatable bonds is 2. The third-order valence-corrected chi connectivity index (χ3v) is 4.63. The van der Waals surface area contributed by atoms with Gasteiger partial charge in [-0.15, -0.1) is 11.3 Å². The lowest BCUT2D eigenvalue weighted by molar-refractivity contribution is 0.0636. The number of aryl methyl sites for hydroxylation is 1. The Labute approximate surface area is 128 Å². The Hall–Kier alpha value is -1.56. The number of amides is 1. The van der Waals surface area contributed by atoms with Gasteiger partial charge in [0.1, 0.15) is 10.6 Å². The first-order valence-corrected chi connectivity index (χ1v) is 7.72. The van der Waals surface area contributed by atoms with Gasteiger partial charge in [-0.05, 0) is 44.6 Å². The van der Waals surface area contributed by atoms with Crippen molar-refractivity contribution in [1.29, 1.82) is 0 Å². The van der Waals surface area contributed by atoms with Gasteiger partial charge in [-0.25, -0.2) is 9.59 Å². The molecule has 0 unspecified atom stereocenters. The molecule has 1 amide bonds. The van der Waals surface area contributed by atoms with Crippen LogP contribution < -0.4 is 5.32 Å². The predicted molar refractivity (Wildman–Crippen MR) is 82.5 cm³/mol. The van der Waals surface area contributed by atoms with Gasteiger partial charge in [0.15, 0.2) is 0 Å². The summed E-state index contributed by atoms with van der Waals surface area (Å²) in [7, 11) is 0. The van der Waals surface area contributed by atoms with Crippen LogP contribution in [-0.4, -0.2) is 22.8 Å². The molecule has 1 aromatic heterocycles. The highest BCUT2D eigenvalue weighted by Gasteiger charge is 2.38. The highest BCUT2D eigenvalue weighted by Crippen LogP contribution is 2.48. The Morgan fingerprint density at radius 2 is 1.95 bits per heavy atom. The Bertz CT molecular complexity index is 596. The molecule has 1 heterocycles. The predicted octanol–water partition coefficient (Wildman–Crippen LogP) is 4.02. The molecule has 0 saturated carbocycles. The quantitative estimate of drug-likeness (QED) is 0.865. The van der Waals surface area contributed by atoms with E-state index < -0.39 is 17.7 Å². The lowest BCUT2D eigenvalue weighted by Gasteiger charge is -2.21. The van der Waals surface area contributed by atoms with Crippen LogP contribution in [0, 0.1) is 0 Å². The van der Waals surface area contributed by atoms with Crippen LogP contribution in [0.1, 0.15) is 61.8 Å². The van der Waals surface area contributed by atoms with Crippen molar-refractivity contribution in [3.05, 3.63) is 16.0 Å². The van der Waals surface area contributed by atoms with Gasteiger partial charge in [-0.3, -0.25) is 5.32 Å². The summed E-state index contributed by atoms with van der Waals surface area (Å²) in [5.74, 6) is -1.01. The van der Waals surface area contributed by atoms with Gasteiger partial charge in [-0.1, -0.05) is 13.8 Å². The molecule has 0 aromatic carbocycles. The molecule has 116 valence electrons. The Morgan fingerprint density at radius 3 is 2.48 bits per heavy atom. The van der Waals surface area contributed by atoms with Crippen LogP contribution in [0.2, 0.25) is 0 Å². The maximum atomic E-state index is 11.9. The molecule has 0 saturated heterocycles. The minimum absolute atomic E-state index is 0.173. The number of ether oxygens (including phenoxy) is 1. The average molecular weight is 311 g/mol. The summed E-state index contributed by atoms with van der Waals surface area (Å²) in [4.78, 5) is 24.5. The minimum atomic E-state index is -1.01. The summed E-state index contributed by atoms with van der Waals surface area (Å²) in [6, 6.07) is 0. The maximum absolute atomic E-state index is 11.9. The molecular formula is C15H21NO4S. The van der Waals surface area contributed by atoms with E-state index >= 15 is 0 Å². The molecule has 21 heavy (non-hydrogen) atoms. The standard InChI is InChI=1S/C15H21NO4S/c1-14(2,3)20-13(19)16-11-9(12(17)18)10-8(21-11)6-7-15(10,4)5/h6-7H2,1-5H3,(H,16,19)(H,17,18). The molecule has 0 radical (unpaired) electrons. The summed E-state index contributed by atoms with van der Waals surface area (Å²) in [6.45, 7) is 9.37. The molecule has 2 N–H and O–H groups in total. The first-order valence-electron chi connectivity index (χ1n) is 6.91. The Balaban J connectivity index is 2.34. The van der Waals surface area contributed by atoms with Crippen LogP contribution in [0.5, 0.6) is 0 Å². The highest BCUT2D eigenvalue weighted by atomic mass is 32.1. The van der Waals surface area contributed by atoms with Crippen molar-refractivity contribution in [2.45, 2.75) is 58.5 Å². The van der Waals surface area contributed by atoms with Crippen LogP contribution in [0.4, 0.5) is 9.80 Å². The lowest BCUT2D eigenvalue weighted by Crippen LogP contribution is -2.27. The van der Waals surface area contributed by atoms with Crippen molar-refractivity contribution < 1.29 is 19.4 Å². The number of fused-ring (bicyclic) bond motifs is 1. The number of nitrogens with one attached hydrogen (secondary N) is 1. The van der Waals surface area contributed by atoms with Crippen molar-refractivity contribution in [2.75, 3.05) is 5.32 Å². The van der Waals surface area contributed by atoms with E-state index in [0.29, 0.717) is 5.00 Å². The van der Waals surface area contributed by atoms with Crippen molar-refractivity contribution in [1.82, 2.24) is 0 Å². The number of carbonyl (C=O) groups is 2. The molecule has 2 rings (SSSR count). The molecule has 1 aromatic rings. The first-order chi connectivity index (χ1) is 9.51. The summed E-state index contributed by atoms with van der Waals surface area (Å²) >= 11 is 1.34. The number of anilines is 1. The fourth-order valence-electron chi connectivity index (χ4n) is 2.61. The monoisotopic (exact) mass is 311 g/mol. The first kappa shape index (κ1) is 15.8. The van der Waals surface area contributed by atoms with Gasteiger partial charge < -0.3 is 9.84 Å². The molecule has 6 heteroatoms. The van der Waals surface area contributed by atoms with Gasteiger partial charge >= 0.3 is 12.1 Å². The van der Waals surface area contributed by atoms with Gasteiger partial charge in [-0.2, -0.15) is 0 Å². The van der Waals surface area contributed by atoms with Gasteiger partial charge in [0.05, 0.1) is 5.56 Å². The van der Waals surface area contributed by atoms with Crippen LogP contribution in [0.15, 0.2) is 0 Å². The molecule has 1 aliphatic carbocycles. The normalized spacial score (nSPS) is 16.4. The molecule has 1 aliphatic rings. The highest BCUT2D eigenvalue weighted by molar-refractivity contribution is 7.17. The van der Waals surface area contributed by atoms with E-state index in [1.807, 2.05) is 13.8 Å². The smallest absolute Gasteiger partial charge is 0.412 e. The number of carboxylic acids is 1.